The Morgan fingerprint density at radius 2 is 1.95 bits per heavy atom. The van der Waals surface area contributed by atoms with E-state index in [-0.39, 0.29) is 11.4 Å². The van der Waals surface area contributed by atoms with Crippen LogP contribution in [0.5, 0.6) is 0 Å². The highest BCUT2D eigenvalue weighted by molar-refractivity contribution is 5.48. The van der Waals surface area contributed by atoms with Crippen molar-refractivity contribution in [1.29, 1.82) is 0 Å². The molecule has 0 spiro atoms. The SMILES string of the molecule is CCn1c(C2CC2)c(N)c(=O)n1-c1ccc(F)cc1. The van der Waals surface area contributed by atoms with Crippen molar-refractivity contribution in [2.75, 3.05) is 5.73 Å². The molecule has 1 fully saturated rings. The van der Waals surface area contributed by atoms with E-state index in [1.165, 1.54) is 12.1 Å². The number of aromatic nitrogens is 2. The predicted molar refractivity (Wildman–Crippen MR) is 72.0 cm³/mol. The molecule has 1 aromatic carbocycles. The first-order valence-corrected chi connectivity index (χ1v) is 6.50. The lowest BCUT2D eigenvalue weighted by Crippen LogP contribution is -2.22. The van der Waals surface area contributed by atoms with Crippen molar-refractivity contribution in [3.8, 4) is 5.69 Å². The van der Waals surface area contributed by atoms with Gasteiger partial charge in [0.05, 0.1) is 11.4 Å². The van der Waals surface area contributed by atoms with Gasteiger partial charge in [-0.15, -0.1) is 0 Å². The Labute approximate surface area is 110 Å². The minimum Gasteiger partial charge on any atom is -0.393 e. The molecule has 4 nitrogen and oxygen atoms in total. The molecule has 100 valence electrons. The van der Waals surface area contributed by atoms with Gasteiger partial charge in [-0.25, -0.2) is 9.07 Å². The van der Waals surface area contributed by atoms with E-state index in [1.54, 1.807) is 16.8 Å². The topological polar surface area (TPSA) is 52.9 Å². The van der Waals surface area contributed by atoms with E-state index in [0.717, 1.165) is 18.5 Å². The molecule has 0 radical (unpaired) electrons. The summed E-state index contributed by atoms with van der Waals surface area (Å²) >= 11 is 0. The first kappa shape index (κ1) is 12.0. The molecule has 1 aromatic heterocycles. The van der Waals surface area contributed by atoms with E-state index in [1.807, 2.05) is 11.6 Å². The summed E-state index contributed by atoms with van der Waals surface area (Å²) in [5.41, 5.74) is 7.65. The summed E-state index contributed by atoms with van der Waals surface area (Å²) in [5.74, 6) is 0.0798. The highest BCUT2D eigenvalue weighted by Gasteiger charge is 2.32. The monoisotopic (exact) mass is 261 g/mol. The summed E-state index contributed by atoms with van der Waals surface area (Å²) < 4.78 is 16.4. The summed E-state index contributed by atoms with van der Waals surface area (Å²) in [6, 6.07) is 5.89. The van der Waals surface area contributed by atoms with Crippen LogP contribution in [0.4, 0.5) is 10.1 Å². The van der Waals surface area contributed by atoms with Crippen molar-refractivity contribution < 1.29 is 4.39 Å². The van der Waals surface area contributed by atoms with Gasteiger partial charge >= 0.3 is 0 Å². The van der Waals surface area contributed by atoms with Crippen LogP contribution in [0.2, 0.25) is 0 Å². The standard InChI is InChI=1S/C14H16FN3O/c1-2-17-13(9-3-4-9)12(16)14(19)18(17)11-7-5-10(15)6-8-11/h5-9H,2-4,16H2,1H3. The molecule has 5 heteroatoms. The molecule has 1 aliphatic carbocycles. The smallest absolute Gasteiger partial charge is 0.294 e. The molecule has 0 saturated heterocycles. The van der Waals surface area contributed by atoms with Gasteiger partial charge in [-0.2, -0.15) is 0 Å². The Kier molecular flexibility index (Phi) is 2.69. The van der Waals surface area contributed by atoms with Crippen molar-refractivity contribution in [3.63, 3.8) is 0 Å². The van der Waals surface area contributed by atoms with E-state index >= 15 is 0 Å². The Morgan fingerprint density at radius 3 is 2.47 bits per heavy atom. The Bertz CT molecular complexity index is 665. The second-order valence-corrected chi connectivity index (χ2v) is 4.88. The van der Waals surface area contributed by atoms with Gasteiger partial charge in [-0.3, -0.25) is 9.48 Å². The molecular weight excluding hydrogens is 245 g/mol. The number of rotatable bonds is 3. The molecule has 19 heavy (non-hydrogen) atoms. The van der Waals surface area contributed by atoms with Crippen LogP contribution in [0.1, 0.15) is 31.4 Å². The van der Waals surface area contributed by atoms with Crippen LogP contribution in [0.3, 0.4) is 0 Å². The van der Waals surface area contributed by atoms with Crippen molar-refractivity contribution in [1.82, 2.24) is 9.36 Å². The maximum atomic E-state index is 13.0. The lowest BCUT2D eigenvalue weighted by molar-refractivity contribution is 0.547. The summed E-state index contributed by atoms with van der Waals surface area (Å²) in [5, 5.41) is 0. The molecule has 1 heterocycles. The summed E-state index contributed by atoms with van der Waals surface area (Å²) in [6.07, 6.45) is 2.16. The highest BCUT2D eigenvalue weighted by atomic mass is 19.1. The Hall–Kier alpha value is -2.04. The maximum Gasteiger partial charge on any atom is 0.294 e. The second kappa shape index (κ2) is 4.26. The molecule has 1 saturated carbocycles. The number of hydrogen-bond acceptors (Lipinski definition) is 2. The molecule has 2 N–H and O–H groups in total. The fourth-order valence-electron chi connectivity index (χ4n) is 2.52. The van der Waals surface area contributed by atoms with Gasteiger partial charge in [-0.1, -0.05) is 0 Å². The van der Waals surface area contributed by atoms with E-state index in [9.17, 15) is 9.18 Å². The highest BCUT2D eigenvalue weighted by Crippen LogP contribution is 2.42. The van der Waals surface area contributed by atoms with Crippen molar-refractivity contribution in [2.45, 2.75) is 32.2 Å². The number of halogens is 1. The molecule has 0 unspecified atom stereocenters. The number of hydrogen-bond donors (Lipinski definition) is 1. The van der Waals surface area contributed by atoms with Crippen molar-refractivity contribution >= 4 is 5.69 Å². The number of benzene rings is 1. The van der Waals surface area contributed by atoms with Crippen LogP contribution >= 0.6 is 0 Å². The summed E-state index contributed by atoms with van der Waals surface area (Å²) in [7, 11) is 0. The fourth-order valence-corrected chi connectivity index (χ4v) is 2.52. The summed E-state index contributed by atoms with van der Waals surface area (Å²) in [4.78, 5) is 12.3. The van der Waals surface area contributed by atoms with Crippen LogP contribution in [0, 0.1) is 5.82 Å². The van der Waals surface area contributed by atoms with E-state index in [4.69, 9.17) is 5.73 Å². The molecule has 0 bridgehead atoms. The van der Waals surface area contributed by atoms with Gasteiger partial charge in [0.1, 0.15) is 11.5 Å². The largest absolute Gasteiger partial charge is 0.393 e. The van der Waals surface area contributed by atoms with Gasteiger partial charge in [0.15, 0.2) is 0 Å². The maximum absolute atomic E-state index is 13.0. The van der Waals surface area contributed by atoms with Crippen LogP contribution in [-0.4, -0.2) is 9.36 Å². The van der Waals surface area contributed by atoms with Crippen LogP contribution < -0.4 is 11.3 Å². The zero-order chi connectivity index (χ0) is 13.6. The molecule has 1 aliphatic rings. The molecule has 0 aliphatic heterocycles. The van der Waals surface area contributed by atoms with Gasteiger partial charge in [0.2, 0.25) is 0 Å². The molecule has 3 rings (SSSR count). The first-order valence-electron chi connectivity index (χ1n) is 6.50. The van der Waals surface area contributed by atoms with E-state index < -0.39 is 0 Å². The lowest BCUT2D eigenvalue weighted by Gasteiger charge is -2.12. The van der Waals surface area contributed by atoms with E-state index in [0.29, 0.717) is 23.8 Å². The third-order valence-corrected chi connectivity index (χ3v) is 3.55. The van der Waals surface area contributed by atoms with Crippen molar-refractivity contribution in [2.24, 2.45) is 0 Å². The van der Waals surface area contributed by atoms with E-state index in [2.05, 4.69) is 0 Å². The first-order chi connectivity index (χ1) is 9.13. The minimum absolute atomic E-state index is 0.213. The fraction of sp³-hybridized carbons (Fsp3) is 0.357. The van der Waals surface area contributed by atoms with Gasteiger partial charge in [0.25, 0.3) is 5.56 Å². The Balaban J connectivity index is 2.23. The number of nitrogens with zero attached hydrogens (tertiary/aromatic N) is 2. The normalized spacial score (nSPS) is 14.8. The molecule has 0 atom stereocenters. The van der Waals surface area contributed by atoms with Gasteiger partial charge in [-0.05, 0) is 44.0 Å². The quantitative estimate of drug-likeness (QED) is 0.921. The van der Waals surface area contributed by atoms with Crippen LogP contribution in [-0.2, 0) is 6.54 Å². The number of nitrogen functional groups attached to an aromatic ring is 1. The second-order valence-electron chi connectivity index (χ2n) is 4.88. The average Bonchev–Trinajstić information content (AvgIpc) is 3.20. The van der Waals surface area contributed by atoms with Gasteiger partial charge in [0, 0.05) is 12.5 Å². The zero-order valence-electron chi connectivity index (χ0n) is 10.8. The predicted octanol–water partition coefficient (Wildman–Crippen LogP) is 2.26. The third-order valence-electron chi connectivity index (χ3n) is 3.55. The van der Waals surface area contributed by atoms with Crippen molar-refractivity contribution in [3.05, 3.63) is 46.1 Å². The van der Waals surface area contributed by atoms with Gasteiger partial charge < -0.3 is 5.73 Å². The average molecular weight is 261 g/mol. The van der Waals surface area contributed by atoms with Crippen LogP contribution in [0.25, 0.3) is 5.69 Å². The molecular formula is C14H16FN3O. The summed E-state index contributed by atoms with van der Waals surface area (Å²) in [6.45, 7) is 2.64. The molecule has 0 amide bonds. The zero-order valence-corrected chi connectivity index (χ0v) is 10.8. The third kappa shape index (κ3) is 1.85. The lowest BCUT2D eigenvalue weighted by atomic mass is 10.2. The minimum atomic E-state index is -0.318. The number of nitrogens with two attached hydrogens (primary N) is 1. The molecule has 2 aromatic rings. The van der Waals surface area contributed by atoms with Crippen LogP contribution in [0.15, 0.2) is 29.1 Å². The number of anilines is 1. The Morgan fingerprint density at radius 1 is 1.32 bits per heavy atom.